The largest absolute Gasteiger partial charge is 0.302 e. The third kappa shape index (κ3) is 2.15. The Balaban J connectivity index is 3.52. The summed E-state index contributed by atoms with van der Waals surface area (Å²) in [7, 11) is 0. The van der Waals surface area contributed by atoms with E-state index in [4.69, 9.17) is 0 Å². The number of nitrogens with zero attached hydrogens (tertiary/aromatic N) is 3. The number of hydrogen-bond donors (Lipinski definition) is 0. The van der Waals surface area contributed by atoms with Crippen LogP contribution >= 0.6 is 15.9 Å². The van der Waals surface area contributed by atoms with Crippen molar-refractivity contribution in [3.05, 3.63) is 36.8 Å². The van der Waals surface area contributed by atoms with Crippen LogP contribution in [0.2, 0.25) is 0 Å². The van der Waals surface area contributed by atoms with Gasteiger partial charge >= 0.3 is 5.69 Å². The Hall–Kier alpha value is -1.83. The number of rotatable bonds is 3. The second-order valence-corrected chi connectivity index (χ2v) is 3.32. The molecule has 8 heteroatoms. The van der Waals surface area contributed by atoms with Gasteiger partial charge in [-0.05, 0) is 22.6 Å². The van der Waals surface area contributed by atoms with Gasteiger partial charge in [0.2, 0.25) is 0 Å². The van der Waals surface area contributed by atoms with Gasteiger partial charge in [0.15, 0.2) is 5.69 Å². The number of benzene rings is 1. The molecule has 0 radical (unpaired) electrons. The van der Waals surface area contributed by atoms with Crippen LogP contribution in [0.25, 0.3) is 0 Å². The van der Waals surface area contributed by atoms with E-state index in [1.807, 2.05) is 0 Å². The summed E-state index contributed by atoms with van der Waals surface area (Å²) in [5, 5.41) is 21.0. The van der Waals surface area contributed by atoms with E-state index in [9.17, 15) is 20.2 Å². The standard InChI is InChI=1S/C7H4BrN3O4/c1-9-7-5(8)2-4(10(12)13)3-6(7)11(14)15/h2-3H,1H2. The molecule has 1 rings (SSSR count). The minimum atomic E-state index is -0.748. The predicted octanol–water partition coefficient (Wildman–Crippen LogP) is 2.60. The van der Waals surface area contributed by atoms with Crippen LogP contribution in [0.15, 0.2) is 21.6 Å². The van der Waals surface area contributed by atoms with Crippen LogP contribution in [-0.2, 0) is 0 Å². The molecule has 0 saturated carbocycles. The van der Waals surface area contributed by atoms with E-state index in [1.54, 1.807) is 0 Å². The zero-order chi connectivity index (χ0) is 11.6. The molecule has 0 spiro atoms. The molecule has 0 fully saturated rings. The summed E-state index contributed by atoms with van der Waals surface area (Å²) < 4.78 is 0.165. The smallest absolute Gasteiger partial charge is 0.258 e. The van der Waals surface area contributed by atoms with Crippen molar-refractivity contribution in [2.75, 3.05) is 0 Å². The number of halogens is 1. The van der Waals surface area contributed by atoms with Gasteiger partial charge in [-0.15, -0.1) is 0 Å². The van der Waals surface area contributed by atoms with Crippen molar-refractivity contribution in [3.63, 3.8) is 0 Å². The van der Waals surface area contributed by atoms with E-state index >= 15 is 0 Å². The molecule has 0 heterocycles. The van der Waals surface area contributed by atoms with E-state index in [0.29, 0.717) is 0 Å². The normalized spacial score (nSPS) is 9.67. The predicted molar refractivity (Wildman–Crippen MR) is 56.7 cm³/mol. The van der Waals surface area contributed by atoms with Crippen molar-refractivity contribution in [1.82, 2.24) is 0 Å². The second kappa shape index (κ2) is 4.13. The molecule has 0 bridgehead atoms. The molecule has 0 saturated heterocycles. The lowest BCUT2D eigenvalue weighted by molar-refractivity contribution is -0.393. The van der Waals surface area contributed by atoms with Gasteiger partial charge in [-0.2, -0.15) is 0 Å². The molecule has 1 aromatic carbocycles. The minimum Gasteiger partial charge on any atom is -0.258 e. The second-order valence-electron chi connectivity index (χ2n) is 2.47. The van der Waals surface area contributed by atoms with E-state index < -0.39 is 15.5 Å². The molecule has 15 heavy (non-hydrogen) atoms. The SMILES string of the molecule is C=Nc1c(Br)cc([N+](=O)[O-])cc1[N+](=O)[O-]. The van der Waals surface area contributed by atoms with Crippen LogP contribution in [0.4, 0.5) is 17.1 Å². The lowest BCUT2D eigenvalue weighted by atomic mass is 10.2. The highest BCUT2D eigenvalue weighted by molar-refractivity contribution is 9.10. The van der Waals surface area contributed by atoms with Crippen molar-refractivity contribution < 1.29 is 9.85 Å². The summed E-state index contributed by atoms with van der Waals surface area (Å²) in [6.45, 7) is 3.16. The Morgan fingerprint density at radius 3 is 2.27 bits per heavy atom. The fraction of sp³-hybridized carbons (Fsp3) is 0. The first kappa shape index (κ1) is 11.2. The maximum atomic E-state index is 10.6. The molecule has 0 aromatic heterocycles. The van der Waals surface area contributed by atoms with Crippen LogP contribution in [-0.4, -0.2) is 16.6 Å². The van der Waals surface area contributed by atoms with Crippen molar-refractivity contribution in [1.29, 1.82) is 0 Å². The van der Waals surface area contributed by atoms with Gasteiger partial charge in [0, 0.05) is 6.07 Å². The Morgan fingerprint density at radius 1 is 1.27 bits per heavy atom. The topological polar surface area (TPSA) is 98.6 Å². The molecular formula is C7H4BrN3O4. The number of non-ortho nitro benzene ring substituents is 1. The first-order valence-corrected chi connectivity index (χ1v) is 4.35. The average molecular weight is 274 g/mol. The highest BCUT2D eigenvalue weighted by Gasteiger charge is 2.22. The summed E-state index contributed by atoms with van der Waals surface area (Å²) in [6, 6.07) is 1.98. The quantitative estimate of drug-likeness (QED) is 0.480. The zero-order valence-electron chi connectivity index (χ0n) is 7.21. The Morgan fingerprint density at radius 2 is 1.87 bits per heavy atom. The van der Waals surface area contributed by atoms with Gasteiger partial charge in [-0.1, -0.05) is 0 Å². The Bertz CT molecular complexity index is 460. The molecule has 1 aromatic rings. The molecular weight excluding hydrogens is 270 g/mol. The maximum Gasteiger partial charge on any atom is 0.302 e. The highest BCUT2D eigenvalue weighted by atomic mass is 79.9. The molecule has 0 aliphatic heterocycles. The Kier molecular flexibility index (Phi) is 3.10. The molecule has 0 aliphatic rings. The van der Waals surface area contributed by atoms with Gasteiger partial charge < -0.3 is 0 Å². The minimum absolute atomic E-state index is 0.0226. The third-order valence-electron chi connectivity index (χ3n) is 1.59. The van der Waals surface area contributed by atoms with Crippen molar-refractivity contribution in [2.45, 2.75) is 0 Å². The van der Waals surface area contributed by atoms with E-state index in [2.05, 4.69) is 27.6 Å². The fourth-order valence-corrected chi connectivity index (χ4v) is 1.53. The van der Waals surface area contributed by atoms with E-state index in [-0.39, 0.29) is 15.8 Å². The zero-order valence-corrected chi connectivity index (χ0v) is 8.80. The number of aliphatic imine (C=N–C) groups is 1. The van der Waals surface area contributed by atoms with Crippen molar-refractivity contribution in [3.8, 4) is 0 Å². The van der Waals surface area contributed by atoms with Gasteiger partial charge in [-0.3, -0.25) is 25.2 Å². The number of nitro benzene ring substituents is 2. The van der Waals surface area contributed by atoms with Crippen LogP contribution in [0, 0.1) is 20.2 Å². The van der Waals surface area contributed by atoms with Crippen LogP contribution < -0.4 is 0 Å². The molecule has 0 amide bonds. The monoisotopic (exact) mass is 273 g/mol. The summed E-state index contributed by atoms with van der Waals surface area (Å²) in [6.07, 6.45) is 0. The maximum absolute atomic E-state index is 10.6. The summed E-state index contributed by atoms with van der Waals surface area (Å²) in [5.74, 6) is 0. The fourth-order valence-electron chi connectivity index (χ4n) is 0.972. The van der Waals surface area contributed by atoms with Crippen molar-refractivity contribution in [2.24, 2.45) is 4.99 Å². The van der Waals surface area contributed by atoms with Gasteiger partial charge in [0.25, 0.3) is 5.69 Å². The van der Waals surface area contributed by atoms with E-state index in [0.717, 1.165) is 12.1 Å². The molecule has 7 nitrogen and oxygen atoms in total. The Labute approximate surface area is 91.9 Å². The van der Waals surface area contributed by atoms with Gasteiger partial charge in [0.1, 0.15) is 0 Å². The van der Waals surface area contributed by atoms with Gasteiger partial charge in [0.05, 0.1) is 20.4 Å². The molecule has 0 N–H and O–H groups in total. The van der Waals surface area contributed by atoms with Crippen LogP contribution in [0.1, 0.15) is 0 Å². The van der Waals surface area contributed by atoms with Crippen LogP contribution in [0.5, 0.6) is 0 Å². The van der Waals surface area contributed by atoms with Crippen LogP contribution in [0.3, 0.4) is 0 Å². The molecule has 0 atom stereocenters. The summed E-state index contributed by atoms with van der Waals surface area (Å²) in [4.78, 5) is 23.0. The highest BCUT2D eigenvalue weighted by Crippen LogP contribution is 2.38. The summed E-state index contributed by atoms with van der Waals surface area (Å²) in [5.41, 5.74) is -0.849. The number of hydrogen-bond acceptors (Lipinski definition) is 5. The lowest BCUT2D eigenvalue weighted by Gasteiger charge is -1.99. The average Bonchev–Trinajstić information content (AvgIpc) is 2.16. The molecule has 0 unspecified atom stereocenters. The van der Waals surface area contributed by atoms with E-state index in [1.165, 1.54) is 0 Å². The lowest BCUT2D eigenvalue weighted by Crippen LogP contribution is -1.93. The third-order valence-corrected chi connectivity index (χ3v) is 2.20. The first-order chi connectivity index (χ1) is 6.97. The summed E-state index contributed by atoms with van der Waals surface area (Å²) >= 11 is 2.95. The van der Waals surface area contributed by atoms with Gasteiger partial charge in [-0.25, -0.2) is 0 Å². The number of nitro groups is 2. The van der Waals surface area contributed by atoms with Crippen molar-refractivity contribution >= 4 is 39.7 Å². The first-order valence-electron chi connectivity index (χ1n) is 3.56. The molecule has 0 aliphatic carbocycles. The molecule has 78 valence electrons.